The van der Waals surface area contributed by atoms with Gasteiger partial charge in [-0.05, 0) is 52.6 Å². The van der Waals surface area contributed by atoms with Gasteiger partial charge in [0, 0.05) is 12.1 Å². The molecule has 0 saturated heterocycles. The quantitative estimate of drug-likeness (QED) is 0.428. The topological polar surface area (TPSA) is 12.0 Å². The second kappa shape index (κ2) is 6.70. The van der Waals surface area contributed by atoms with Gasteiger partial charge in [-0.1, -0.05) is 78.9 Å². The van der Waals surface area contributed by atoms with E-state index in [2.05, 4.69) is 104 Å². The molecule has 1 heteroatoms. The molecule has 0 aliphatic carbocycles. The molecule has 0 radical (unpaired) electrons. The Balaban J connectivity index is 1.77. The highest BCUT2D eigenvalue weighted by Gasteiger charge is 2.15. The first-order valence-corrected chi connectivity index (χ1v) is 8.95. The van der Waals surface area contributed by atoms with Crippen LogP contribution in [0.3, 0.4) is 0 Å². The van der Waals surface area contributed by atoms with Crippen LogP contribution in [-0.2, 0) is 0 Å². The molecule has 0 aliphatic heterocycles. The standard InChI is InChI=1S/C24H23N/c1-17(19-10-4-3-5-11-19)25-18(2)24-16-20-12-6-7-13-21(20)22-14-8-9-15-23(22)24/h3-18,25H,1-2H3/t17-,18+/m1/s1. The van der Waals surface area contributed by atoms with Crippen molar-refractivity contribution in [1.82, 2.24) is 5.32 Å². The van der Waals surface area contributed by atoms with Gasteiger partial charge in [0.25, 0.3) is 0 Å². The van der Waals surface area contributed by atoms with Crippen molar-refractivity contribution in [2.75, 3.05) is 0 Å². The Labute approximate surface area is 149 Å². The largest absolute Gasteiger partial charge is 0.304 e. The third kappa shape index (κ3) is 3.04. The zero-order valence-corrected chi connectivity index (χ0v) is 14.7. The summed E-state index contributed by atoms with van der Waals surface area (Å²) in [5.74, 6) is 0. The first-order valence-electron chi connectivity index (χ1n) is 8.95. The SMILES string of the molecule is C[C@H](N[C@H](C)c1ccccc1)c1cc2ccccc2c2ccccc12. The molecular weight excluding hydrogens is 302 g/mol. The fraction of sp³-hybridized carbons (Fsp3) is 0.167. The Morgan fingerprint density at radius 2 is 1.20 bits per heavy atom. The summed E-state index contributed by atoms with van der Waals surface area (Å²) in [4.78, 5) is 0. The summed E-state index contributed by atoms with van der Waals surface area (Å²) >= 11 is 0. The molecule has 0 spiro atoms. The lowest BCUT2D eigenvalue weighted by Gasteiger charge is -2.23. The molecule has 2 atom stereocenters. The molecule has 25 heavy (non-hydrogen) atoms. The third-order valence-electron chi connectivity index (χ3n) is 5.07. The summed E-state index contributed by atoms with van der Waals surface area (Å²) in [5.41, 5.74) is 2.68. The Morgan fingerprint density at radius 1 is 0.600 bits per heavy atom. The van der Waals surface area contributed by atoms with Crippen LogP contribution in [0.15, 0.2) is 84.9 Å². The van der Waals surface area contributed by atoms with Crippen LogP contribution in [0, 0.1) is 0 Å². The lowest BCUT2D eigenvalue weighted by molar-refractivity contribution is 0.497. The van der Waals surface area contributed by atoms with E-state index in [0.717, 1.165) is 0 Å². The van der Waals surface area contributed by atoms with Gasteiger partial charge in [-0.2, -0.15) is 0 Å². The van der Waals surface area contributed by atoms with E-state index in [1.54, 1.807) is 0 Å². The molecular formula is C24H23N. The summed E-state index contributed by atoms with van der Waals surface area (Å²) in [7, 11) is 0. The monoisotopic (exact) mass is 325 g/mol. The lowest BCUT2D eigenvalue weighted by atomic mass is 9.93. The van der Waals surface area contributed by atoms with Crippen LogP contribution in [0.25, 0.3) is 21.5 Å². The van der Waals surface area contributed by atoms with Crippen LogP contribution in [0.2, 0.25) is 0 Å². The van der Waals surface area contributed by atoms with Crippen molar-refractivity contribution in [2.45, 2.75) is 25.9 Å². The maximum Gasteiger partial charge on any atom is 0.0303 e. The summed E-state index contributed by atoms with van der Waals surface area (Å²) in [6.45, 7) is 4.49. The van der Waals surface area contributed by atoms with Crippen LogP contribution in [0.4, 0.5) is 0 Å². The Hall–Kier alpha value is -2.64. The highest BCUT2D eigenvalue weighted by Crippen LogP contribution is 2.32. The van der Waals surface area contributed by atoms with Crippen LogP contribution in [0.1, 0.15) is 37.1 Å². The highest BCUT2D eigenvalue weighted by atomic mass is 14.9. The molecule has 4 aromatic rings. The number of hydrogen-bond acceptors (Lipinski definition) is 1. The smallest absolute Gasteiger partial charge is 0.0303 e. The molecule has 0 amide bonds. The minimum absolute atomic E-state index is 0.268. The van der Waals surface area contributed by atoms with Crippen molar-refractivity contribution < 1.29 is 0 Å². The van der Waals surface area contributed by atoms with Gasteiger partial charge in [0.05, 0.1) is 0 Å². The molecule has 124 valence electrons. The van der Waals surface area contributed by atoms with Crippen LogP contribution >= 0.6 is 0 Å². The normalized spacial score (nSPS) is 13.8. The molecule has 0 unspecified atom stereocenters. The van der Waals surface area contributed by atoms with E-state index in [1.807, 2.05) is 0 Å². The van der Waals surface area contributed by atoms with Gasteiger partial charge in [0.1, 0.15) is 0 Å². The average Bonchev–Trinajstić information content (AvgIpc) is 2.68. The van der Waals surface area contributed by atoms with Crippen molar-refractivity contribution in [1.29, 1.82) is 0 Å². The van der Waals surface area contributed by atoms with Gasteiger partial charge >= 0.3 is 0 Å². The van der Waals surface area contributed by atoms with Gasteiger partial charge in [0.2, 0.25) is 0 Å². The highest BCUT2D eigenvalue weighted by molar-refractivity contribution is 6.09. The number of rotatable bonds is 4. The number of fused-ring (bicyclic) bond motifs is 3. The van der Waals surface area contributed by atoms with Crippen LogP contribution in [0.5, 0.6) is 0 Å². The maximum absolute atomic E-state index is 3.77. The van der Waals surface area contributed by atoms with Crippen LogP contribution in [-0.4, -0.2) is 0 Å². The fourth-order valence-corrected chi connectivity index (χ4v) is 3.74. The molecule has 0 aliphatic rings. The van der Waals surface area contributed by atoms with Crippen molar-refractivity contribution in [3.8, 4) is 0 Å². The van der Waals surface area contributed by atoms with Crippen molar-refractivity contribution in [3.63, 3.8) is 0 Å². The molecule has 1 nitrogen and oxygen atoms in total. The molecule has 1 N–H and O–H groups in total. The van der Waals surface area contributed by atoms with Gasteiger partial charge in [0.15, 0.2) is 0 Å². The van der Waals surface area contributed by atoms with Crippen molar-refractivity contribution in [3.05, 3.63) is 96.1 Å². The summed E-state index contributed by atoms with van der Waals surface area (Å²) < 4.78 is 0. The first-order chi connectivity index (χ1) is 12.2. The van der Waals surface area contributed by atoms with Crippen LogP contribution < -0.4 is 5.32 Å². The summed E-state index contributed by atoms with van der Waals surface area (Å²) in [6.07, 6.45) is 0. The van der Waals surface area contributed by atoms with Gasteiger partial charge < -0.3 is 5.32 Å². The number of nitrogens with one attached hydrogen (secondary N) is 1. The van der Waals surface area contributed by atoms with Gasteiger partial charge in [-0.15, -0.1) is 0 Å². The average molecular weight is 325 g/mol. The predicted molar refractivity (Wildman–Crippen MR) is 108 cm³/mol. The Morgan fingerprint density at radius 3 is 1.96 bits per heavy atom. The van der Waals surface area contributed by atoms with E-state index in [1.165, 1.54) is 32.7 Å². The van der Waals surface area contributed by atoms with E-state index < -0.39 is 0 Å². The van der Waals surface area contributed by atoms with E-state index >= 15 is 0 Å². The second-order valence-electron chi connectivity index (χ2n) is 6.75. The molecule has 4 aromatic carbocycles. The van der Waals surface area contributed by atoms with E-state index in [0.29, 0.717) is 6.04 Å². The predicted octanol–water partition coefficient (Wildman–Crippen LogP) is 6.40. The fourth-order valence-electron chi connectivity index (χ4n) is 3.74. The van der Waals surface area contributed by atoms with Gasteiger partial charge in [-0.3, -0.25) is 0 Å². The zero-order valence-electron chi connectivity index (χ0n) is 14.7. The third-order valence-corrected chi connectivity index (χ3v) is 5.07. The first kappa shape index (κ1) is 15.9. The number of hydrogen-bond donors (Lipinski definition) is 1. The minimum atomic E-state index is 0.268. The molecule has 0 saturated carbocycles. The molecule has 0 heterocycles. The van der Waals surface area contributed by atoms with Gasteiger partial charge in [-0.25, -0.2) is 0 Å². The van der Waals surface area contributed by atoms with Crippen molar-refractivity contribution in [2.24, 2.45) is 0 Å². The van der Waals surface area contributed by atoms with E-state index in [9.17, 15) is 0 Å². The Kier molecular flexibility index (Phi) is 4.25. The second-order valence-corrected chi connectivity index (χ2v) is 6.75. The molecule has 0 fully saturated rings. The molecule has 0 bridgehead atoms. The number of benzene rings is 4. The molecule has 4 rings (SSSR count). The maximum atomic E-state index is 3.77. The summed E-state index contributed by atoms with van der Waals surface area (Å²) in [5, 5.41) is 9.06. The minimum Gasteiger partial charge on any atom is -0.304 e. The van der Waals surface area contributed by atoms with E-state index in [4.69, 9.17) is 0 Å². The Bertz CT molecular complexity index is 1000. The van der Waals surface area contributed by atoms with Crippen molar-refractivity contribution >= 4 is 21.5 Å². The van der Waals surface area contributed by atoms with E-state index in [-0.39, 0.29) is 6.04 Å². The lowest BCUT2D eigenvalue weighted by Crippen LogP contribution is -2.22. The zero-order chi connectivity index (χ0) is 17.2. The molecule has 0 aromatic heterocycles. The summed E-state index contributed by atoms with van der Waals surface area (Å²) in [6, 6.07) is 30.9.